The SMILES string of the molecule is COc1ccc(N2CCN(CCc3c(C)nc4oc(-c5ccccc5)nn4c3=O)CC2)cc1. The van der Waals surface area contributed by atoms with E-state index < -0.39 is 0 Å². The molecule has 0 bridgehead atoms. The van der Waals surface area contributed by atoms with Gasteiger partial charge in [-0.05, 0) is 49.7 Å². The van der Waals surface area contributed by atoms with E-state index in [1.807, 2.05) is 49.4 Å². The molecule has 170 valence electrons. The first kappa shape index (κ1) is 21.2. The predicted octanol–water partition coefficient (Wildman–Crippen LogP) is 3.03. The second-order valence-electron chi connectivity index (χ2n) is 8.23. The Morgan fingerprint density at radius 1 is 1.00 bits per heavy atom. The van der Waals surface area contributed by atoms with Crippen molar-refractivity contribution in [1.82, 2.24) is 19.5 Å². The normalized spacial score (nSPS) is 14.7. The average molecular weight is 446 g/mol. The Bertz CT molecular complexity index is 1290. The third-order valence-corrected chi connectivity index (χ3v) is 6.22. The molecule has 2 aromatic heterocycles. The summed E-state index contributed by atoms with van der Waals surface area (Å²) in [6.45, 7) is 6.47. The lowest BCUT2D eigenvalue weighted by Gasteiger charge is -2.36. The van der Waals surface area contributed by atoms with Gasteiger partial charge in [-0.1, -0.05) is 18.2 Å². The number of hydrogen-bond donors (Lipinski definition) is 0. The molecule has 0 aliphatic carbocycles. The van der Waals surface area contributed by atoms with Crippen LogP contribution in [0, 0.1) is 6.92 Å². The molecule has 0 amide bonds. The van der Waals surface area contributed by atoms with Crippen molar-refractivity contribution in [3.63, 3.8) is 0 Å². The summed E-state index contributed by atoms with van der Waals surface area (Å²) in [4.78, 5) is 22.4. The fourth-order valence-electron chi connectivity index (χ4n) is 4.26. The largest absolute Gasteiger partial charge is 0.497 e. The van der Waals surface area contributed by atoms with Crippen LogP contribution in [0.25, 0.3) is 17.3 Å². The number of methoxy groups -OCH3 is 1. The van der Waals surface area contributed by atoms with Crippen LogP contribution < -0.4 is 15.2 Å². The molecular weight excluding hydrogens is 418 g/mol. The molecule has 5 rings (SSSR count). The molecule has 4 aromatic rings. The first-order chi connectivity index (χ1) is 16.1. The molecule has 33 heavy (non-hydrogen) atoms. The monoisotopic (exact) mass is 445 g/mol. The minimum absolute atomic E-state index is 0.153. The van der Waals surface area contributed by atoms with Gasteiger partial charge in [-0.15, -0.1) is 9.61 Å². The van der Waals surface area contributed by atoms with Gasteiger partial charge < -0.3 is 14.1 Å². The highest BCUT2D eigenvalue weighted by Gasteiger charge is 2.20. The molecule has 0 N–H and O–H groups in total. The molecule has 1 fully saturated rings. The highest BCUT2D eigenvalue weighted by molar-refractivity contribution is 5.53. The van der Waals surface area contributed by atoms with E-state index >= 15 is 0 Å². The molecule has 2 aromatic carbocycles. The van der Waals surface area contributed by atoms with E-state index in [1.165, 1.54) is 10.2 Å². The first-order valence-corrected chi connectivity index (χ1v) is 11.2. The summed E-state index contributed by atoms with van der Waals surface area (Å²) < 4.78 is 12.3. The van der Waals surface area contributed by atoms with Gasteiger partial charge in [0.05, 0.1) is 12.8 Å². The quantitative estimate of drug-likeness (QED) is 0.452. The van der Waals surface area contributed by atoms with Gasteiger partial charge in [-0.2, -0.15) is 4.98 Å². The van der Waals surface area contributed by atoms with Crippen LogP contribution in [0.4, 0.5) is 5.69 Å². The highest BCUT2D eigenvalue weighted by Crippen LogP contribution is 2.21. The molecule has 0 unspecified atom stereocenters. The van der Waals surface area contributed by atoms with Crippen LogP contribution in [-0.2, 0) is 6.42 Å². The second-order valence-corrected chi connectivity index (χ2v) is 8.23. The van der Waals surface area contributed by atoms with E-state index in [9.17, 15) is 4.79 Å². The van der Waals surface area contributed by atoms with Crippen molar-refractivity contribution in [2.75, 3.05) is 44.7 Å². The molecule has 1 saturated heterocycles. The maximum Gasteiger partial charge on any atom is 0.328 e. The summed E-state index contributed by atoms with van der Waals surface area (Å²) in [7, 11) is 1.68. The van der Waals surface area contributed by atoms with Gasteiger partial charge in [0.1, 0.15) is 5.75 Å². The van der Waals surface area contributed by atoms with Crippen LogP contribution in [-0.4, -0.2) is 59.3 Å². The zero-order valence-electron chi connectivity index (χ0n) is 18.9. The molecule has 0 saturated carbocycles. The van der Waals surface area contributed by atoms with Crippen LogP contribution in [0.5, 0.6) is 5.75 Å². The molecule has 3 heterocycles. The van der Waals surface area contributed by atoms with Crippen molar-refractivity contribution < 1.29 is 9.15 Å². The molecule has 8 heteroatoms. The van der Waals surface area contributed by atoms with Gasteiger partial charge in [0.2, 0.25) is 5.89 Å². The molecule has 0 atom stereocenters. The van der Waals surface area contributed by atoms with Crippen LogP contribution in [0.1, 0.15) is 11.3 Å². The summed E-state index contributed by atoms with van der Waals surface area (Å²) in [5, 5.41) is 4.38. The molecule has 1 aliphatic heterocycles. The summed E-state index contributed by atoms with van der Waals surface area (Å²) in [5.74, 6) is 1.49. The Hall–Kier alpha value is -3.65. The number of ether oxygens (including phenoxy) is 1. The van der Waals surface area contributed by atoms with Crippen molar-refractivity contribution in [3.05, 3.63) is 76.2 Å². The van der Waals surface area contributed by atoms with Gasteiger partial charge in [0.25, 0.3) is 5.56 Å². The second kappa shape index (κ2) is 9.07. The lowest BCUT2D eigenvalue weighted by Crippen LogP contribution is -2.47. The molecule has 8 nitrogen and oxygen atoms in total. The van der Waals surface area contributed by atoms with E-state index in [4.69, 9.17) is 9.15 Å². The summed E-state index contributed by atoms with van der Waals surface area (Å²) in [6.07, 6.45) is 0.636. The number of anilines is 1. The van der Waals surface area contributed by atoms with Crippen molar-refractivity contribution in [2.45, 2.75) is 13.3 Å². The zero-order chi connectivity index (χ0) is 22.8. The van der Waals surface area contributed by atoms with Crippen LogP contribution in [0.2, 0.25) is 0 Å². The Kier molecular flexibility index (Phi) is 5.83. The summed E-state index contributed by atoms with van der Waals surface area (Å²) in [6, 6.07) is 17.7. The predicted molar refractivity (Wildman–Crippen MR) is 127 cm³/mol. The standard InChI is InChI=1S/C25H27N5O3/c1-18-22(24(31)30-25(26-18)33-23(27-30)19-6-4-3-5-7-19)12-13-28-14-16-29(17-15-28)20-8-10-21(32-2)11-9-20/h3-11H,12-17H2,1-2H3. The lowest BCUT2D eigenvalue weighted by atomic mass is 10.1. The number of nitrogens with zero attached hydrogens (tertiary/aromatic N) is 5. The number of aromatic nitrogens is 3. The number of benzene rings is 2. The van der Waals surface area contributed by atoms with Crippen LogP contribution in [0.3, 0.4) is 0 Å². The topological polar surface area (TPSA) is 76.1 Å². The van der Waals surface area contributed by atoms with Crippen molar-refractivity contribution >= 4 is 11.5 Å². The first-order valence-electron chi connectivity index (χ1n) is 11.2. The Balaban J connectivity index is 1.25. The third kappa shape index (κ3) is 4.34. The molecule has 0 radical (unpaired) electrons. The maximum atomic E-state index is 13.1. The maximum absolute atomic E-state index is 13.1. The molecule has 0 spiro atoms. The van der Waals surface area contributed by atoms with Gasteiger partial charge in [-0.3, -0.25) is 9.69 Å². The van der Waals surface area contributed by atoms with E-state index in [2.05, 4.69) is 32.0 Å². The van der Waals surface area contributed by atoms with E-state index in [1.54, 1.807) is 7.11 Å². The van der Waals surface area contributed by atoms with E-state index in [0.29, 0.717) is 23.6 Å². The Morgan fingerprint density at radius 2 is 1.73 bits per heavy atom. The lowest BCUT2D eigenvalue weighted by molar-refractivity contribution is 0.260. The van der Waals surface area contributed by atoms with E-state index in [0.717, 1.165) is 44.0 Å². The van der Waals surface area contributed by atoms with Gasteiger partial charge >= 0.3 is 5.84 Å². The minimum Gasteiger partial charge on any atom is -0.497 e. The number of piperazine rings is 1. The van der Waals surface area contributed by atoms with Gasteiger partial charge in [0.15, 0.2) is 0 Å². The Labute approximate surface area is 192 Å². The van der Waals surface area contributed by atoms with Gasteiger partial charge in [0, 0.05) is 49.5 Å². The highest BCUT2D eigenvalue weighted by atomic mass is 16.5. The number of rotatable bonds is 6. The average Bonchev–Trinajstić information content (AvgIpc) is 3.29. The number of fused-ring (bicyclic) bond motifs is 1. The third-order valence-electron chi connectivity index (χ3n) is 6.22. The zero-order valence-corrected chi connectivity index (χ0v) is 18.9. The van der Waals surface area contributed by atoms with Crippen LogP contribution >= 0.6 is 0 Å². The van der Waals surface area contributed by atoms with Crippen molar-refractivity contribution in [1.29, 1.82) is 0 Å². The van der Waals surface area contributed by atoms with Crippen molar-refractivity contribution in [3.8, 4) is 17.2 Å². The number of aryl methyl sites for hydroxylation is 1. The van der Waals surface area contributed by atoms with Crippen LogP contribution in [0.15, 0.2) is 63.8 Å². The summed E-state index contributed by atoms with van der Waals surface area (Å²) in [5.41, 5.74) is 3.27. The van der Waals surface area contributed by atoms with E-state index in [-0.39, 0.29) is 11.4 Å². The fraction of sp³-hybridized carbons (Fsp3) is 0.320. The van der Waals surface area contributed by atoms with Gasteiger partial charge in [-0.25, -0.2) is 0 Å². The molecular formula is C25H27N5O3. The molecule has 1 aliphatic rings. The fourth-order valence-corrected chi connectivity index (χ4v) is 4.26. The number of hydrogen-bond acceptors (Lipinski definition) is 7. The smallest absolute Gasteiger partial charge is 0.328 e. The summed E-state index contributed by atoms with van der Waals surface area (Å²) >= 11 is 0. The minimum atomic E-state index is -0.153. The van der Waals surface area contributed by atoms with Crippen molar-refractivity contribution in [2.24, 2.45) is 0 Å². The Morgan fingerprint density at radius 3 is 2.42 bits per heavy atom.